The third kappa shape index (κ3) is 4.70. The zero-order chi connectivity index (χ0) is 15.2. The molecule has 0 radical (unpaired) electrons. The summed E-state index contributed by atoms with van der Waals surface area (Å²) >= 11 is 5.97. The molecule has 1 aliphatic rings. The van der Waals surface area contributed by atoms with Gasteiger partial charge in [0.15, 0.2) is 0 Å². The molecule has 6 nitrogen and oxygen atoms in total. The first kappa shape index (κ1) is 15.8. The quantitative estimate of drug-likeness (QED) is 0.597. The van der Waals surface area contributed by atoms with Crippen molar-refractivity contribution in [2.45, 2.75) is 25.4 Å². The van der Waals surface area contributed by atoms with Gasteiger partial charge in [0.2, 0.25) is 11.8 Å². The fourth-order valence-corrected chi connectivity index (χ4v) is 2.42. The number of hydrogen-bond donors (Lipinski definition) is 4. The van der Waals surface area contributed by atoms with E-state index < -0.39 is 0 Å². The van der Waals surface area contributed by atoms with Crippen LogP contribution >= 0.6 is 11.6 Å². The van der Waals surface area contributed by atoms with Gasteiger partial charge in [0.05, 0.1) is 0 Å². The van der Waals surface area contributed by atoms with Crippen LogP contribution < -0.4 is 21.5 Å². The molecule has 0 saturated carbocycles. The van der Waals surface area contributed by atoms with Gasteiger partial charge in [-0.3, -0.25) is 9.59 Å². The molecule has 21 heavy (non-hydrogen) atoms. The lowest BCUT2D eigenvalue weighted by atomic mass is 10.0. The van der Waals surface area contributed by atoms with Crippen molar-refractivity contribution >= 4 is 23.4 Å². The third-order valence-electron chi connectivity index (χ3n) is 3.27. The number of hydrazine groups is 1. The van der Waals surface area contributed by atoms with E-state index in [0.717, 1.165) is 5.56 Å². The molecule has 1 aromatic carbocycles. The number of carbonyl (C=O) groups is 2. The Labute approximate surface area is 128 Å². The Balaban J connectivity index is 1.79. The summed E-state index contributed by atoms with van der Waals surface area (Å²) in [6.45, 7) is 2.29. The zero-order valence-electron chi connectivity index (χ0n) is 11.8. The fourth-order valence-electron chi connectivity index (χ4n) is 2.22. The Morgan fingerprint density at radius 1 is 1.29 bits per heavy atom. The average Bonchev–Trinajstić information content (AvgIpc) is 2.93. The van der Waals surface area contributed by atoms with Crippen LogP contribution in [0.3, 0.4) is 0 Å². The molecule has 0 aromatic heterocycles. The van der Waals surface area contributed by atoms with Crippen LogP contribution in [0.2, 0.25) is 5.02 Å². The minimum Gasteiger partial charge on any atom is -0.355 e. The van der Waals surface area contributed by atoms with Gasteiger partial charge in [-0.05, 0) is 24.1 Å². The summed E-state index contributed by atoms with van der Waals surface area (Å²) in [5.74, 6) is -0.191. The molecule has 2 rings (SSSR count). The summed E-state index contributed by atoms with van der Waals surface area (Å²) in [6, 6.07) is 7.32. The first-order valence-corrected chi connectivity index (χ1v) is 7.22. The SMILES string of the molecule is CC(=O)NCCNC(=O)C1CC(c2cccc(Cl)c2)NN1. The summed E-state index contributed by atoms with van der Waals surface area (Å²) in [5.41, 5.74) is 7.13. The van der Waals surface area contributed by atoms with E-state index in [-0.39, 0.29) is 23.9 Å². The number of amides is 2. The van der Waals surface area contributed by atoms with Crippen LogP contribution in [-0.2, 0) is 9.59 Å². The number of benzene rings is 1. The average molecular weight is 311 g/mol. The molecule has 1 aromatic rings. The van der Waals surface area contributed by atoms with Gasteiger partial charge in [-0.1, -0.05) is 23.7 Å². The molecule has 114 valence electrons. The van der Waals surface area contributed by atoms with E-state index in [4.69, 9.17) is 11.6 Å². The van der Waals surface area contributed by atoms with Gasteiger partial charge >= 0.3 is 0 Å². The summed E-state index contributed by atoms with van der Waals surface area (Å²) < 4.78 is 0. The molecule has 1 aliphatic heterocycles. The summed E-state index contributed by atoms with van der Waals surface area (Å²) in [4.78, 5) is 22.7. The van der Waals surface area contributed by atoms with E-state index in [9.17, 15) is 9.59 Å². The van der Waals surface area contributed by atoms with Gasteiger partial charge in [-0.15, -0.1) is 0 Å². The van der Waals surface area contributed by atoms with Gasteiger partial charge in [-0.2, -0.15) is 0 Å². The zero-order valence-corrected chi connectivity index (χ0v) is 12.5. The predicted octanol–water partition coefficient (Wildman–Crippen LogP) is 0.500. The highest BCUT2D eigenvalue weighted by atomic mass is 35.5. The second-order valence-electron chi connectivity index (χ2n) is 4.96. The first-order valence-electron chi connectivity index (χ1n) is 6.85. The fraction of sp³-hybridized carbons (Fsp3) is 0.429. The molecule has 0 aliphatic carbocycles. The number of halogens is 1. The minimum atomic E-state index is -0.300. The van der Waals surface area contributed by atoms with Crippen molar-refractivity contribution in [3.8, 4) is 0 Å². The highest BCUT2D eigenvalue weighted by molar-refractivity contribution is 6.30. The van der Waals surface area contributed by atoms with Gasteiger partial charge in [0.25, 0.3) is 0 Å². The smallest absolute Gasteiger partial charge is 0.238 e. The number of rotatable bonds is 5. The van der Waals surface area contributed by atoms with E-state index >= 15 is 0 Å². The van der Waals surface area contributed by atoms with Crippen LogP contribution in [0.15, 0.2) is 24.3 Å². The summed E-state index contributed by atoms with van der Waals surface area (Å²) in [5, 5.41) is 6.09. The molecule has 0 spiro atoms. The largest absolute Gasteiger partial charge is 0.355 e. The van der Waals surface area contributed by atoms with Gasteiger partial charge in [0, 0.05) is 31.1 Å². The highest BCUT2D eigenvalue weighted by Gasteiger charge is 2.29. The Morgan fingerprint density at radius 3 is 2.76 bits per heavy atom. The molecule has 2 unspecified atom stereocenters. The van der Waals surface area contributed by atoms with Crippen molar-refractivity contribution in [2.24, 2.45) is 0 Å². The Morgan fingerprint density at radius 2 is 2.05 bits per heavy atom. The van der Waals surface area contributed by atoms with Crippen molar-refractivity contribution < 1.29 is 9.59 Å². The lowest BCUT2D eigenvalue weighted by molar-refractivity contribution is -0.123. The van der Waals surface area contributed by atoms with Crippen LogP contribution in [-0.4, -0.2) is 30.9 Å². The van der Waals surface area contributed by atoms with Crippen molar-refractivity contribution in [3.63, 3.8) is 0 Å². The van der Waals surface area contributed by atoms with Gasteiger partial charge in [-0.25, -0.2) is 10.9 Å². The van der Waals surface area contributed by atoms with Crippen LogP contribution in [0.25, 0.3) is 0 Å². The van der Waals surface area contributed by atoms with Crippen molar-refractivity contribution in [3.05, 3.63) is 34.9 Å². The van der Waals surface area contributed by atoms with E-state index in [1.807, 2.05) is 24.3 Å². The summed E-state index contributed by atoms with van der Waals surface area (Å²) in [7, 11) is 0. The number of carbonyl (C=O) groups excluding carboxylic acids is 2. The second-order valence-corrected chi connectivity index (χ2v) is 5.39. The standard InChI is InChI=1S/C14H19ClN4O2/c1-9(20)16-5-6-17-14(21)13-8-12(18-19-13)10-3-2-4-11(15)7-10/h2-4,7,12-13,18-19H,5-6,8H2,1H3,(H,16,20)(H,17,21). The molecule has 0 bridgehead atoms. The number of nitrogens with one attached hydrogen (secondary N) is 4. The molecule has 2 amide bonds. The van der Waals surface area contributed by atoms with Crippen LogP contribution in [0.1, 0.15) is 24.9 Å². The Kier molecular flexibility index (Phi) is 5.55. The number of hydrogen-bond acceptors (Lipinski definition) is 4. The topological polar surface area (TPSA) is 82.3 Å². The van der Waals surface area contributed by atoms with Crippen LogP contribution in [0.4, 0.5) is 0 Å². The lowest BCUT2D eigenvalue weighted by Crippen LogP contribution is -2.45. The molecule has 2 atom stereocenters. The molecular formula is C14H19ClN4O2. The van der Waals surface area contributed by atoms with E-state index in [1.165, 1.54) is 6.92 Å². The molecule has 1 fully saturated rings. The van der Waals surface area contributed by atoms with E-state index in [2.05, 4.69) is 21.5 Å². The van der Waals surface area contributed by atoms with Gasteiger partial charge < -0.3 is 10.6 Å². The van der Waals surface area contributed by atoms with Gasteiger partial charge in [0.1, 0.15) is 6.04 Å². The van der Waals surface area contributed by atoms with Crippen molar-refractivity contribution in [1.82, 2.24) is 21.5 Å². The third-order valence-corrected chi connectivity index (χ3v) is 3.50. The van der Waals surface area contributed by atoms with Crippen molar-refractivity contribution in [2.75, 3.05) is 13.1 Å². The van der Waals surface area contributed by atoms with E-state index in [1.54, 1.807) is 0 Å². The van der Waals surface area contributed by atoms with Crippen LogP contribution in [0.5, 0.6) is 0 Å². The normalized spacial score (nSPS) is 21.0. The Hall–Kier alpha value is -1.63. The maximum absolute atomic E-state index is 12.0. The molecule has 7 heteroatoms. The highest BCUT2D eigenvalue weighted by Crippen LogP contribution is 2.24. The minimum absolute atomic E-state index is 0.0507. The monoisotopic (exact) mass is 310 g/mol. The predicted molar refractivity (Wildman–Crippen MR) is 80.6 cm³/mol. The van der Waals surface area contributed by atoms with E-state index in [0.29, 0.717) is 24.5 Å². The maximum Gasteiger partial charge on any atom is 0.238 e. The Bertz CT molecular complexity index is 523. The lowest BCUT2D eigenvalue weighted by Gasteiger charge is -2.11. The van der Waals surface area contributed by atoms with Crippen LogP contribution in [0, 0.1) is 0 Å². The molecular weight excluding hydrogens is 292 g/mol. The summed E-state index contributed by atoms with van der Waals surface area (Å²) in [6.07, 6.45) is 0.645. The first-order chi connectivity index (χ1) is 10.1. The second kappa shape index (κ2) is 7.40. The molecule has 1 saturated heterocycles. The van der Waals surface area contributed by atoms with Crippen molar-refractivity contribution in [1.29, 1.82) is 0 Å². The maximum atomic E-state index is 12.0. The molecule has 4 N–H and O–H groups in total. The molecule has 1 heterocycles.